The molecule has 0 aromatic heterocycles. The number of likely N-dealkylation sites (N-methyl/N-ethyl adjacent to an activating group) is 1. The minimum Gasteiger partial charge on any atom is -0.313 e. The first-order valence-electron chi connectivity index (χ1n) is 7.35. The molecule has 20 heavy (non-hydrogen) atoms. The first-order valence-corrected chi connectivity index (χ1v) is 8.83. The summed E-state index contributed by atoms with van der Waals surface area (Å²) in [5, 5.41) is 3.39. The predicted octanol–water partition coefficient (Wildman–Crippen LogP) is 2.19. The van der Waals surface area contributed by atoms with Crippen molar-refractivity contribution in [3.05, 3.63) is 29.8 Å². The molecule has 0 radical (unpaired) electrons. The summed E-state index contributed by atoms with van der Waals surface area (Å²) in [6, 6.07) is 7.24. The third kappa shape index (κ3) is 3.81. The molecule has 0 saturated heterocycles. The van der Waals surface area contributed by atoms with Crippen molar-refractivity contribution in [1.82, 2.24) is 10.0 Å². The highest BCUT2D eigenvalue weighted by atomic mass is 32.2. The molecule has 2 N–H and O–H groups in total. The Hall–Kier alpha value is -0.910. The van der Waals surface area contributed by atoms with Crippen molar-refractivity contribution in [2.45, 2.75) is 56.5 Å². The topological polar surface area (TPSA) is 58.2 Å². The third-order valence-corrected chi connectivity index (χ3v) is 5.38. The summed E-state index contributed by atoms with van der Waals surface area (Å²) in [6.45, 7) is 4.87. The van der Waals surface area contributed by atoms with Crippen LogP contribution >= 0.6 is 0 Å². The van der Waals surface area contributed by atoms with Gasteiger partial charge < -0.3 is 5.32 Å². The van der Waals surface area contributed by atoms with Gasteiger partial charge in [-0.05, 0) is 38.4 Å². The van der Waals surface area contributed by atoms with E-state index in [0.717, 1.165) is 31.4 Å². The van der Waals surface area contributed by atoms with Gasteiger partial charge in [-0.1, -0.05) is 37.5 Å². The van der Waals surface area contributed by atoms with Crippen LogP contribution in [0.5, 0.6) is 0 Å². The lowest BCUT2D eigenvalue weighted by Gasteiger charge is -2.32. The number of hydrogen-bond donors (Lipinski definition) is 2. The Morgan fingerprint density at radius 3 is 2.30 bits per heavy atom. The smallest absolute Gasteiger partial charge is 0.240 e. The van der Waals surface area contributed by atoms with Crippen LogP contribution in [0.2, 0.25) is 0 Å². The molecule has 0 heterocycles. The van der Waals surface area contributed by atoms with Crippen LogP contribution in [0.3, 0.4) is 0 Å². The summed E-state index contributed by atoms with van der Waals surface area (Å²) in [7, 11) is -3.42. The maximum Gasteiger partial charge on any atom is 0.240 e. The molecule has 1 fully saturated rings. The Morgan fingerprint density at radius 2 is 1.70 bits per heavy atom. The van der Waals surface area contributed by atoms with Crippen LogP contribution in [0.15, 0.2) is 29.2 Å². The van der Waals surface area contributed by atoms with Crippen molar-refractivity contribution >= 4 is 10.0 Å². The van der Waals surface area contributed by atoms with Crippen molar-refractivity contribution in [3.8, 4) is 0 Å². The maximum absolute atomic E-state index is 12.4. The standard InChI is InChI=1S/C15H24N2O2S/c1-3-16-14-6-4-5-7-15(14)17-20(18,19)13-10-8-12(2)9-11-13/h8-11,14-17H,3-7H2,1-2H3. The number of aryl methyl sites for hydroxylation is 1. The number of hydrogen-bond acceptors (Lipinski definition) is 3. The van der Waals surface area contributed by atoms with Crippen LogP contribution in [0.4, 0.5) is 0 Å². The van der Waals surface area contributed by atoms with Crippen LogP contribution in [0, 0.1) is 6.92 Å². The molecule has 0 aliphatic heterocycles. The van der Waals surface area contributed by atoms with Gasteiger partial charge in [0, 0.05) is 12.1 Å². The highest BCUT2D eigenvalue weighted by Crippen LogP contribution is 2.21. The molecule has 2 rings (SSSR count). The molecule has 1 aliphatic rings. The highest BCUT2D eigenvalue weighted by Gasteiger charge is 2.28. The molecule has 4 nitrogen and oxygen atoms in total. The van der Waals surface area contributed by atoms with Gasteiger partial charge in [-0.3, -0.25) is 0 Å². The summed E-state index contributed by atoms with van der Waals surface area (Å²) < 4.78 is 27.7. The second-order valence-electron chi connectivity index (χ2n) is 5.49. The lowest BCUT2D eigenvalue weighted by molar-refractivity contribution is 0.314. The second-order valence-corrected chi connectivity index (χ2v) is 7.20. The molecule has 2 unspecified atom stereocenters. The minimum absolute atomic E-state index is 0.00463. The van der Waals surface area contributed by atoms with Crippen LogP contribution in [-0.4, -0.2) is 27.0 Å². The number of benzene rings is 1. The number of nitrogens with one attached hydrogen (secondary N) is 2. The highest BCUT2D eigenvalue weighted by molar-refractivity contribution is 7.89. The first kappa shape index (κ1) is 15.5. The quantitative estimate of drug-likeness (QED) is 0.875. The van der Waals surface area contributed by atoms with Crippen LogP contribution < -0.4 is 10.0 Å². The largest absolute Gasteiger partial charge is 0.313 e. The first-order chi connectivity index (χ1) is 9.53. The maximum atomic E-state index is 12.4. The van der Waals surface area contributed by atoms with Gasteiger partial charge in [-0.2, -0.15) is 0 Å². The molecular weight excluding hydrogens is 272 g/mol. The fourth-order valence-electron chi connectivity index (χ4n) is 2.76. The Balaban J connectivity index is 2.12. The fourth-order valence-corrected chi connectivity index (χ4v) is 4.07. The molecule has 0 amide bonds. The van der Waals surface area contributed by atoms with E-state index in [-0.39, 0.29) is 12.1 Å². The zero-order chi connectivity index (χ0) is 14.6. The number of rotatable bonds is 5. The average Bonchev–Trinajstić information content (AvgIpc) is 2.41. The second kappa shape index (κ2) is 6.70. The van der Waals surface area contributed by atoms with Gasteiger partial charge in [0.25, 0.3) is 0 Å². The monoisotopic (exact) mass is 296 g/mol. The van der Waals surface area contributed by atoms with Gasteiger partial charge in [0.2, 0.25) is 10.0 Å². The molecule has 2 atom stereocenters. The minimum atomic E-state index is -3.42. The van der Waals surface area contributed by atoms with Gasteiger partial charge in [0.1, 0.15) is 0 Å². The summed E-state index contributed by atoms with van der Waals surface area (Å²) in [5.41, 5.74) is 1.06. The predicted molar refractivity (Wildman–Crippen MR) is 81.2 cm³/mol. The van der Waals surface area contributed by atoms with E-state index < -0.39 is 10.0 Å². The van der Waals surface area contributed by atoms with E-state index in [1.165, 1.54) is 6.42 Å². The Morgan fingerprint density at radius 1 is 1.10 bits per heavy atom. The molecule has 112 valence electrons. The van der Waals surface area contributed by atoms with E-state index >= 15 is 0 Å². The zero-order valence-corrected chi connectivity index (χ0v) is 13.0. The van der Waals surface area contributed by atoms with Gasteiger partial charge in [-0.25, -0.2) is 13.1 Å². The average molecular weight is 296 g/mol. The van der Waals surface area contributed by atoms with E-state index in [9.17, 15) is 8.42 Å². The van der Waals surface area contributed by atoms with Gasteiger partial charge in [-0.15, -0.1) is 0 Å². The molecule has 0 bridgehead atoms. The third-order valence-electron chi connectivity index (χ3n) is 3.87. The summed E-state index contributed by atoms with van der Waals surface area (Å²) in [6.07, 6.45) is 4.20. The normalized spacial score (nSPS) is 23.7. The zero-order valence-electron chi connectivity index (χ0n) is 12.2. The lowest BCUT2D eigenvalue weighted by Crippen LogP contribution is -2.51. The molecular formula is C15H24N2O2S. The van der Waals surface area contributed by atoms with Crippen LogP contribution in [0.25, 0.3) is 0 Å². The van der Waals surface area contributed by atoms with Crippen molar-refractivity contribution in [2.24, 2.45) is 0 Å². The van der Waals surface area contributed by atoms with Gasteiger partial charge in [0.15, 0.2) is 0 Å². The van der Waals surface area contributed by atoms with Crippen molar-refractivity contribution in [2.75, 3.05) is 6.54 Å². The van der Waals surface area contributed by atoms with E-state index in [4.69, 9.17) is 0 Å². The van der Waals surface area contributed by atoms with E-state index in [1.54, 1.807) is 12.1 Å². The summed E-state index contributed by atoms with van der Waals surface area (Å²) in [5.74, 6) is 0. The lowest BCUT2D eigenvalue weighted by atomic mass is 9.91. The van der Waals surface area contributed by atoms with Crippen molar-refractivity contribution in [1.29, 1.82) is 0 Å². The molecule has 1 aromatic carbocycles. The Labute approximate surface area is 122 Å². The van der Waals surface area contributed by atoms with Crippen molar-refractivity contribution in [3.63, 3.8) is 0 Å². The van der Waals surface area contributed by atoms with E-state index in [1.807, 2.05) is 19.1 Å². The Kier molecular flexibility index (Phi) is 5.18. The molecule has 5 heteroatoms. The molecule has 1 saturated carbocycles. The van der Waals surface area contributed by atoms with Crippen LogP contribution in [0.1, 0.15) is 38.2 Å². The molecule has 1 aliphatic carbocycles. The van der Waals surface area contributed by atoms with Crippen LogP contribution in [-0.2, 0) is 10.0 Å². The van der Waals surface area contributed by atoms with E-state index in [0.29, 0.717) is 4.90 Å². The van der Waals surface area contributed by atoms with Gasteiger partial charge >= 0.3 is 0 Å². The summed E-state index contributed by atoms with van der Waals surface area (Å²) in [4.78, 5) is 0.351. The van der Waals surface area contributed by atoms with Gasteiger partial charge in [0.05, 0.1) is 4.90 Å². The van der Waals surface area contributed by atoms with E-state index in [2.05, 4.69) is 17.0 Å². The Bertz CT molecular complexity index is 523. The number of sulfonamides is 1. The fraction of sp³-hybridized carbons (Fsp3) is 0.600. The molecule has 1 aromatic rings. The SMILES string of the molecule is CCNC1CCCCC1NS(=O)(=O)c1ccc(C)cc1. The molecule has 0 spiro atoms. The van der Waals surface area contributed by atoms with Crippen molar-refractivity contribution < 1.29 is 8.42 Å². The summed E-state index contributed by atoms with van der Waals surface area (Å²) >= 11 is 0.